The number of hydrogen-bond acceptors (Lipinski definition) is 3. The van der Waals surface area contributed by atoms with Gasteiger partial charge in [-0.1, -0.05) is 23.4 Å². The normalized spacial score (nSPS) is 10.6. The van der Waals surface area contributed by atoms with Crippen molar-refractivity contribution in [1.29, 1.82) is 0 Å². The van der Waals surface area contributed by atoms with E-state index in [0.717, 1.165) is 11.3 Å². The molecule has 23 heavy (non-hydrogen) atoms. The van der Waals surface area contributed by atoms with Crippen molar-refractivity contribution in [2.24, 2.45) is 0 Å². The van der Waals surface area contributed by atoms with E-state index < -0.39 is 0 Å². The molecule has 0 saturated heterocycles. The van der Waals surface area contributed by atoms with Crippen molar-refractivity contribution in [3.8, 4) is 5.69 Å². The molecule has 116 valence electrons. The fourth-order valence-corrected chi connectivity index (χ4v) is 2.26. The quantitative estimate of drug-likeness (QED) is 0.807. The van der Waals surface area contributed by atoms with Gasteiger partial charge in [0.25, 0.3) is 5.91 Å². The van der Waals surface area contributed by atoms with Crippen molar-refractivity contribution in [3.63, 3.8) is 0 Å². The molecule has 0 aliphatic heterocycles. The number of nitrogens with zero attached hydrogens (tertiary/aromatic N) is 3. The van der Waals surface area contributed by atoms with Crippen LogP contribution < -0.4 is 5.32 Å². The number of hydrogen-bond donors (Lipinski definition) is 1. The molecule has 1 amide bonds. The minimum atomic E-state index is -0.330. The molecule has 0 spiro atoms. The first kappa shape index (κ1) is 14.9. The number of carbonyl (C=O) groups excluding carboxylic acids is 1. The molecule has 0 radical (unpaired) electrons. The number of amides is 1. The van der Waals surface area contributed by atoms with E-state index in [0.29, 0.717) is 11.4 Å². The Balaban J connectivity index is 1.88. The van der Waals surface area contributed by atoms with Gasteiger partial charge in [-0.15, -0.1) is 5.10 Å². The fourth-order valence-electron chi connectivity index (χ4n) is 2.26. The molecule has 0 fully saturated rings. The Hall–Kier alpha value is -3.02. The van der Waals surface area contributed by atoms with Gasteiger partial charge < -0.3 is 5.32 Å². The number of rotatable bonds is 3. The van der Waals surface area contributed by atoms with Crippen molar-refractivity contribution < 1.29 is 9.18 Å². The maximum Gasteiger partial charge on any atom is 0.278 e. The number of anilines is 1. The molecule has 0 aliphatic carbocycles. The van der Waals surface area contributed by atoms with E-state index in [9.17, 15) is 9.18 Å². The molecule has 0 aliphatic rings. The van der Waals surface area contributed by atoms with Gasteiger partial charge in [-0.05, 0) is 49.7 Å². The third-order valence-corrected chi connectivity index (χ3v) is 3.57. The van der Waals surface area contributed by atoms with Crippen molar-refractivity contribution in [1.82, 2.24) is 15.0 Å². The summed E-state index contributed by atoms with van der Waals surface area (Å²) >= 11 is 0. The Morgan fingerprint density at radius 3 is 2.48 bits per heavy atom. The Morgan fingerprint density at radius 1 is 1.09 bits per heavy atom. The maximum atomic E-state index is 13.0. The SMILES string of the molecule is Cc1ccccc1NC(=O)c1nnn(-c2ccc(F)cc2)c1C. The average Bonchev–Trinajstić information content (AvgIpc) is 2.92. The minimum Gasteiger partial charge on any atom is -0.320 e. The predicted molar refractivity (Wildman–Crippen MR) is 85.2 cm³/mol. The van der Waals surface area contributed by atoms with Crippen LogP contribution in [0.4, 0.5) is 10.1 Å². The summed E-state index contributed by atoms with van der Waals surface area (Å²) < 4.78 is 14.5. The monoisotopic (exact) mass is 310 g/mol. The van der Waals surface area contributed by atoms with Gasteiger partial charge in [-0.25, -0.2) is 9.07 Å². The van der Waals surface area contributed by atoms with E-state index in [1.54, 1.807) is 19.1 Å². The topological polar surface area (TPSA) is 59.8 Å². The van der Waals surface area contributed by atoms with Crippen molar-refractivity contribution in [2.75, 3.05) is 5.32 Å². The zero-order chi connectivity index (χ0) is 16.4. The third kappa shape index (κ3) is 2.96. The summed E-state index contributed by atoms with van der Waals surface area (Å²) in [5.41, 5.74) is 3.16. The summed E-state index contributed by atoms with van der Waals surface area (Å²) in [6, 6.07) is 13.3. The van der Waals surface area contributed by atoms with Gasteiger partial charge in [0.2, 0.25) is 0 Å². The molecule has 1 N–H and O–H groups in total. The first-order valence-corrected chi connectivity index (χ1v) is 7.11. The van der Waals surface area contributed by atoms with E-state index >= 15 is 0 Å². The summed E-state index contributed by atoms with van der Waals surface area (Å²) in [5, 5.41) is 10.8. The molecule has 1 heterocycles. The molecule has 0 saturated carbocycles. The first-order valence-electron chi connectivity index (χ1n) is 7.11. The van der Waals surface area contributed by atoms with Gasteiger partial charge in [-0.2, -0.15) is 0 Å². The van der Waals surface area contributed by atoms with Gasteiger partial charge in [0.1, 0.15) is 5.82 Å². The lowest BCUT2D eigenvalue weighted by atomic mass is 10.2. The van der Waals surface area contributed by atoms with Crippen LogP contribution in [-0.4, -0.2) is 20.9 Å². The van der Waals surface area contributed by atoms with Crippen LogP contribution in [-0.2, 0) is 0 Å². The molecule has 0 bridgehead atoms. The maximum absolute atomic E-state index is 13.0. The lowest BCUT2D eigenvalue weighted by molar-refractivity contribution is 0.102. The molecular formula is C17H15FN4O. The van der Waals surface area contributed by atoms with Gasteiger partial charge in [0, 0.05) is 5.69 Å². The van der Waals surface area contributed by atoms with Crippen LogP contribution >= 0.6 is 0 Å². The largest absolute Gasteiger partial charge is 0.320 e. The highest BCUT2D eigenvalue weighted by Crippen LogP contribution is 2.17. The van der Waals surface area contributed by atoms with E-state index in [2.05, 4.69) is 15.6 Å². The Bertz CT molecular complexity index is 855. The zero-order valence-corrected chi connectivity index (χ0v) is 12.7. The van der Waals surface area contributed by atoms with Crippen LogP contribution in [0.15, 0.2) is 48.5 Å². The van der Waals surface area contributed by atoms with Crippen molar-refractivity contribution >= 4 is 11.6 Å². The molecule has 6 heteroatoms. The number of para-hydroxylation sites is 1. The first-order chi connectivity index (χ1) is 11.1. The second kappa shape index (κ2) is 6.00. The van der Waals surface area contributed by atoms with Gasteiger partial charge >= 0.3 is 0 Å². The Morgan fingerprint density at radius 2 is 1.78 bits per heavy atom. The summed E-state index contributed by atoms with van der Waals surface area (Å²) in [6.07, 6.45) is 0. The van der Waals surface area contributed by atoms with E-state index in [1.807, 2.05) is 31.2 Å². The molecule has 2 aromatic carbocycles. The lowest BCUT2D eigenvalue weighted by Gasteiger charge is -2.07. The second-order valence-corrected chi connectivity index (χ2v) is 5.18. The van der Waals surface area contributed by atoms with E-state index in [-0.39, 0.29) is 17.4 Å². The highest BCUT2D eigenvalue weighted by Gasteiger charge is 2.18. The van der Waals surface area contributed by atoms with Gasteiger partial charge in [0.05, 0.1) is 11.4 Å². The third-order valence-electron chi connectivity index (χ3n) is 3.57. The molecule has 0 unspecified atom stereocenters. The molecule has 0 atom stereocenters. The van der Waals surface area contributed by atoms with Crippen LogP contribution in [0.5, 0.6) is 0 Å². The van der Waals surface area contributed by atoms with Crippen LogP contribution in [0.2, 0.25) is 0 Å². The molecule has 5 nitrogen and oxygen atoms in total. The fraction of sp³-hybridized carbons (Fsp3) is 0.118. The van der Waals surface area contributed by atoms with Crippen LogP contribution in [0.25, 0.3) is 5.69 Å². The highest BCUT2D eigenvalue weighted by molar-refractivity contribution is 6.03. The van der Waals surface area contributed by atoms with Crippen molar-refractivity contribution in [3.05, 3.63) is 71.3 Å². The number of aromatic nitrogens is 3. The summed E-state index contributed by atoms with van der Waals surface area (Å²) in [4.78, 5) is 12.4. The number of benzene rings is 2. The average molecular weight is 310 g/mol. The summed E-state index contributed by atoms with van der Waals surface area (Å²) in [6.45, 7) is 3.66. The smallest absolute Gasteiger partial charge is 0.278 e. The van der Waals surface area contributed by atoms with Crippen LogP contribution in [0, 0.1) is 19.7 Å². The van der Waals surface area contributed by atoms with Crippen LogP contribution in [0.1, 0.15) is 21.7 Å². The number of carbonyl (C=O) groups is 1. The molecule has 1 aromatic heterocycles. The summed E-state index contributed by atoms with van der Waals surface area (Å²) in [7, 11) is 0. The lowest BCUT2D eigenvalue weighted by Crippen LogP contribution is -2.15. The van der Waals surface area contributed by atoms with E-state index in [4.69, 9.17) is 0 Å². The summed E-state index contributed by atoms with van der Waals surface area (Å²) in [5.74, 6) is -0.658. The Kier molecular flexibility index (Phi) is 3.89. The van der Waals surface area contributed by atoms with Gasteiger partial charge in [-0.3, -0.25) is 4.79 Å². The second-order valence-electron chi connectivity index (χ2n) is 5.18. The molecule has 3 aromatic rings. The number of halogens is 1. The van der Waals surface area contributed by atoms with Crippen molar-refractivity contribution in [2.45, 2.75) is 13.8 Å². The van der Waals surface area contributed by atoms with E-state index in [1.165, 1.54) is 16.8 Å². The molecular weight excluding hydrogens is 295 g/mol. The number of aryl methyl sites for hydroxylation is 1. The standard InChI is InChI=1S/C17H15FN4O/c1-11-5-3-4-6-15(11)19-17(23)16-12(2)22(21-20-16)14-9-7-13(18)8-10-14/h3-10H,1-2H3,(H,19,23). The Labute approximate surface area is 132 Å². The minimum absolute atomic E-state index is 0.234. The zero-order valence-electron chi connectivity index (χ0n) is 12.7. The number of nitrogens with one attached hydrogen (secondary N) is 1. The highest BCUT2D eigenvalue weighted by atomic mass is 19.1. The van der Waals surface area contributed by atoms with Crippen LogP contribution in [0.3, 0.4) is 0 Å². The molecule has 3 rings (SSSR count). The predicted octanol–water partition coefficient (Wildman–Crippen LogP) is 3.28. The van der Waals surface area contributed by atoms with Gasteiger partial charge in [0.15, 0.2) is 5.69 Å².